The molecule has 0 aliphatic carbocycles. The molecule has 1 saturated heterocycles. The topological polar surface area (TPSA) is 123 Å². The number of ether oxygens (including phenoxy) is 8. The number of carbonyl (C=O) groups excluding carboxylic acids is 2. The quantitative estimate of drug-likeness (QED) is 0.262. The Morgan fingerprint density at radius 3 is 2.29 bits per heavy atom. The lowest BCUT2D eigenvalue weighted by Crippen LogP contribution is -2.26. The van der Waals surface area contributed by atoms with Crippen molar-refractivity contribution < 1.29 is 47.5 Å². The van der Waals surface area contributed by atoms with Gasteiger partial charge in [0.25, 0.3) is 0 Å². The van der Waals surface area contributed by atoms with Crippen LogP contribution in [0.4, 0.5) is 4.79 Å². The standard InChI is InChI=1S/C30H31NO10/c1-34-19-7-5-17(6-8-19)15-38-30(33)31-12-11-18-13-23-24(40-16-39-23)14-21(18)27-26(41-27)20-9-10-22(35-2)28(36-3)25(20)29(32)37-4/h5-10,13-14,26-27H,11-12,15-16H2,1-4H3,(H,31,33)/t26-,27-/m0/s1. The summed E-state index contributed by atoms with van der Waals surface area (Å²) in [7, 11) is 5.86. The fourth-order valence-electron chi connectivity index (χ4n) is 4.78. The van der Waals surface area contributed by atoms with Gasteiger partial charge in [-0.1, -0.05) is 18.2 Å². The van der Waals surface area contributed by atoms with Crippen molar-refractivity contribution >= 4 is 12.1 Å². The summed E-state index contributed by atoms with van der Waals surface area (Å²) < 4.78 is 43.7. The largest absolute Gasteiger partial charge is 0.497 e. The lowest BCUT2D eigenvalue weighted by molar-refractivity contribution is 0.0594. The molecule has 5 rings (SSSR count). The highest BCUT2D eigenvalue weighted by atomic mass is 16.7. The van der Waals surface area contributed by atoms with Crippen LogP contribution in [-0.4, -0.2) is 53.8 Å². The van der Waals surface area contributed by atoms with Crippen molar-refractivity contribution in [3.63, 3.8) is 0 Å². The molecule has 3 aromatic rings. The van der Waals surface area contributed by atoms with Gasteiger partial charge in [0.1, 0.15) is 30.1 Å². The van der Waals surface area contributed by atoms with Crippen LogP contribution in [-0.2, 0) is 27.2 Å². The van der Waals surface area contributed by atoms with Crippen molar-refractivity contribution in [3.8, 4) is 28.7 Å². The molecule has 11 heteroatoms. The van der Waals surface area contributed by atoms with Crippen LogP contribution in [0.2, 0.25) is 0 Å². The van der Waals surface area contributed by atoms with Gasteiger partial charge in [-0.2, -0.15) is 0 Å². The number of fused-ring (bicyclic) bond motifs is 1. The van der Waals surface area contributed by atoms with Gasteiger partial charge in [0.05, 0.1) is 28.4 Å². The van der Waals surface area contributed by atoms with E-state index < -0.39 is 18.2 Å². The van der Waals surface area contributed by atoms with Gasteiger partial charge in [-0.05, 0) is 53.4 Å². The molecule has 1 fully saturated rings. The number of alkyl carbamates (subject to hydrolysis) is 1. The normalized spacial score (nSPS) is 16.5. The van der Waals surface area contributed by atoms with Crippen LogP contribution in [0.15, 0.2) is 48.5 Å². The number of rotatable bonds is 11. The summed E-state index contributed by atoms with van der Waals surface area (Å²) >= 11 is 0. The first-order valence-corrected chi connectivity index (χ1v) is 12.9. The van der Waals surface area contributed by atoms with Crippen LogP contribution >= 0.6 is 0 Å². The third-order valence-corrected chi connectivity index (χ3v) is 6.90. The van der Waals surface area contributed by atoms with Crippen molar-refractivity contribution in [1.29, 1.82) is 0 Å². The first kappa shape index (κ1) is 27.9. The zero-order chi connectivity index (χ0) is 28.9. The Labute approximate surface area is 237 Å². The molecule has 2 aliphatic heterocycles. The number of methoxy groups -OCH3 is 4. The number of hydrogen-bond acceptors (Lipinski definition) is 10. The number of hydrogen-bond donors (Lipinski definition) is 1. The second kappa shape index (κ2) is 12.3. The Hall–Kier alpha value is -4.64. The molecule has 1 N–H and O–H groups in total. The first-order chi connectivity index (χ1) is 20.0. The summed E-state index contributed by atoms with van der Waals surface area (Å²) in [5.41, 5.74) is 3.46. The first-order valence-electron chi connectivity index (χ1n) is 12.9. The molecule has 11 nitrogen and oxygen atoms in total. The average molecular weight is 566 g/mol. The molecule has 216 valence electrons. The molecule has 41 heavy (non-hydrogen) atoms. The molecule has 0 aromatic heterocycles. The van der Waals surface area contributed by atoms with Crippen LogP contribution in [0.3, 0.4) is 0 Å². The van der Waals surface area contributed by atoms with Gasteiger partial charge >= 0.3 is 12.1 Å². The Kier molecular flexibility index (Phi) is 8.34. The SMILES string of the molecule is COC(=O)c1c([C@@H]2O[C@H]2c2cc3c(cc2CCNC(=O)OCc2ccc(OC)cc2)OCO3)ccc(OC)c1OC. The van der Waals surface area contributed by atoms with E-state index in [1.54, 1.807) is 31.4 Å². The zero-order valence-corrected chi connectivity index (χ0v) is 23.2. The van der Waals surface area contributed by atoms with E-state index >= 15 is 0 Å². The van der Waals surface area contributed by atoms with Crippen molar-refractivity contribution in [2.24, 2.45) is 0 Å². The fourth-order valence-corrected chi connectivity index (χ4v) is 4.78. The Morgan fingerprint density at radius 2 is 1.61 bits per heavy atom. The zero-order valence-electron chi connectivity index (χ0n) is 23.2. The minimum Gasteiger partial charge on any atom is -0.497 e. The molecule has 2 aliphatic rings. The van der Waals surface area contributed by atoms with Crippen LogP contribution in [0.5, 0.6) is 28.7 Å². The van der Waals surface area contributed by atoms with Gasteiger partial charge < -0.3 is 43.2 Å². The van der Waals surface area contributed by atoms with E-state index in [2.05, 4.69) is 5.32 Å². The number of amides is 1. The number of carbonyl (C=O) groups is 2. The number of epoxide rings is 1. The van der Waals surface area contributed by atoms with Gasteiger partial charge in [-0.3, -0.25) is 0 Å². The average Bonchev–Trinajstić information content (AvgIpc) is 3.67. The molecular weight excluding hydrogens is 534 g/mol. The van der Waals surface area contributed by atoms with E-state index in [1.807, 2.05) is 24.3 Å². The van der Waals surface area contributed by atoms with Crippen molar-refractivity contribution in [3.05, 3.63) is 76.3 Å². The lowest BCUT2D eigenvalue weighted by Gasteiger charge is -2.15. The lowest BCUT2D eigenvalue weighted by atomic mass is 9.94. The molecule has 0 radical (unpaired) electrons. The van der Waals surface area contributed by atoms with E-state index in [1.165, 1.54) is 21.3 Å². The minimum absolute atomic E-state index is 0.116. The highest BCUT2D eigenvalue weighted by molar-refractivity contribution is 5.95. The number of benzene rings is 3. The van der Waals surface area contributed by atoms with Crippen LogP contribution in [0.1, 0.15) is 44.8 Å². The summed E-state index contributed by atoms with van der Waals surface area (Å²) in [6.45, 7) is 0.567. The molecule has 0 unspecified atom stereocenters. The molecule has 3 aromatic carbocycles. The maximum absolute atomic E-state index is 12.7. The summed E-state index contributed by atoms with van der Waals surface area (Å²) in [4.78, 5) is 25.1. The van der Waals surface area contributed by atoms with Gasteiger partial charge in [0.15, 0.2) is 23.0 Å². The number of esters is 1. The second-order valence-electron chi connectivity index (χ2n) is 9.24. The van der Waals surface area contributed by atoms with Gasteiger partial charge in [0.2, 0.25) is 6.79 Å². The van der Waals surface area contributed by atoms with Crippen molar-refractivity contribution in [2.75, 3.05) is 41.8 Å². The maximum Gasteiger partial charge on any atom is 0.407 e. The molecule has 0 bridgehead atoms. The molecule has 2 atom stereocenters. The smallest absolute Gasteiger partial charge is 0.407 e. The molecule has 0 saturated carbocycles. The summed E-state index contributed by atoms with van der Waals surface area (Å²) in [6, 6.07) is 14.5. The Balaban J connectivity index is 1.29. The highest BCUT2D eigenvalue weighted by Gasteiger charge is 2.46. The number of nitrogens with one attached hydrogen (secondary N) is 1. The predicted molar refractivity (Wildman–Crippen MR) is 145 cm³/mol. The highest BCUT2D eigenvalue weighted by Crippen LogP contribution is 2.56. The van der Waals surface area contributed by atoms with E-state index in [-0.39, 0.29) is 30.8 Å². The van der Waals surface area contributed by atoms with Gasteiger partial charge in [0, 0.05) is 12.1 Å². The van der Waals surface area contributed by atoms with E-state index in [0.717, 1.165) is 22.4 Å². The molecular formula is C30H31NO10. The summed E-state index contributed by atoms with van der Waals surface area (Å²) in [6.07, 6.45) is -0.864. The van der Waals surface area contributed by atoms with Crippen molar-refractivity contribution in [1.82, 2.24) is 5.32 Å². The Morgan fingerprint density at radius 1 is 0.878 bits per heavy atom. The molecule has 0 spiro atoms. The van der Waals surface area contributed by atoms with Crippen LogP contribution in [0, 0.1) is 0 Å². The third-order valence-electron chi connectivity index (χ3n) is 6.90. The Bertz CT molecular complexity index is 1420. The van der Waals surface area contributed by atoms with E-state index in [4.69, 9.17) is 37.9 Å². The molecule has 1 amide bonds. The third kappa shape index (κ3) is 5.94. The van der Waals surface area contributed by atoms with Crippen LogP contribution < -0.4 is 29.0 Å². The summed E-state index contributed by atoms with van der Waals surface area (Å²) in [5.74, 6) is 2.06. The predicted octanol–water partition coefficient (Wildman–Crippen LogP) is 4.51. The monoisotopic (exact) mass is 565 g/mol. The van der Waals surface area contributed by atoms with Crippen molar-refractivity contribution in [2.45, 2.75) is 25.2 Å². The van der Waals surface area contributed by atoms with E-state index in [9.17, 15) is 9.59 Å². The van der Waals surface area contributed by atoms with Crippen LogP contribution in [0.25, 0.3) is 0 Å². The van der Waals surface area contributed by atoms with Gasteiger partial charge in [-0.15, -0.1) is 0 Å². The second-order valence-corrected chi connectivity index (χ2v) is 9.24. The fraction of sp³-hybridized carbons (Fsp3) is 0.333. The molecule has 2 heterocycles. The van der Waals surface area contributed by atoms with E-state index in [0.29, 0.717) is 35.8 Å². The summed E-state index contributed by atoms with van der Waals surface area (Å²) in [5, 5.41) is 2.79. The minimum atomic E-state index is -0.562. The van der Waals surface area contributed by atoms with Gasteiger partial charge in [-0.25, -0.2) is 9.59 Å². The maximum atomic E-state index is 12.7.